The third-order valence-electron chi connectivity index (χ3n) is 3.11. The number of fused-ring (bicyclic) bond motifs is 2. The lowest BCUT2D eigenvalue weighted by Crippen LogP contribution is -2.51. The molecule has 0 saturated heterocycles. The molecule has 1 heterocycles. The molecule has 0 atom stereocenters. The summed E-state index contributed by atoms with van der Waals surface area (Å²) in [7, 11) is -9.36. The Kier molecular flexibility index (Phi) is 3.70. The molecule has 126 valence electrons. The van der Waals surface area contributed by atoms with Crippen LogP contribution in [0, 0.1) is 0 Å². The zero-order chi connectivity index (χ0) is 17.5. The SMILES string of the molecule is NC(=O)NN1S(=O)(=O)c2ccccc2Oc2ccccc2S1(=O)=O. The van der Waals surface area contributed by atoms with Gasteiger partial charge in [-0.05, 0) is 24.3 Å². The predicted molar refractivity (Wildman–Crippen MR) is 81.9 cm³/mol. The van der Waals surface area contributed by atoms with Crippen molar-refractivity contribution in [3.05, 3.63) is 48.5 Å². The van der Waals surface area contributed by atoms with Gasteiger partial charge in [0.2, 0.25) is 0 Å². The maximum atomic E-state index is 12.7. The smallest absolute Gasteiger partial charge is 0.328 e. The molecule has 0 aromatic heterocycles. The number of hydrazine groups is 1. The Morgan fingerprint density at radius 2 is 1.29 bits per heavy atom. The summed E-state index contributed by atoms with van der Waals surface area (Å²) in [6.45, 7) is 0. The molecule has 2 aromatic rings. The number of urea groups is 1. The Balaban J connectivity index is 2.39. The molecular formula is C13H11N3O6S2. The zero-order valence-electron chi connectivity index (χ0n) is 11.9. The Morgan fingerprint density at radius 1 is 0.875 bits per heavy atom. The van der Waals surface area contributed by atoms with E-state index in [9.17, 15) is 21.6 Å². The van der Waals surface area contributed by atoms with Crippen molar-refractivity contribution in [3.8, 4) is 11.5 Å². The van der Waals surface area contributed by atoms with Crippen molar-refractivity contribution in [1.82, 2.24) is 9.25 Å². The molecule has 0 aliphatic carbocycles. The van der Waals surface area contributed by atoms with Gasteiger partial charge in [0.25, 0.3) is 20.0 Å². The molecule has 9 nitrogen and oxygen atoms in total. The van der Waals surface area contributed by atoms with E-state index < -0.39 is 35.9 Å². The number of para-hydroxylation sites is 2. The fraction of sp³-hybridized carbons (Fsp3) is 0. The minimum Gasteiger partial charge on any atom is -0.455 e. The van der Waals surface area contributed by atoms with Gasteiger partial charge in [0.15, 0.2) is 0 Å². The zero-order valence-corrected chi connectivity index (χ0v) is 13.5. The van der Waals surface area contributed by atoms with Crippen molar-refractivity contribution in [2.75, 3.05) is 0 Å². The molecular weight excluding hydrogens is 358 g/mol. The van der Waals surface area contributed by atoms with Gasteiger partial charge in [-0.1, -0.05) is 24.3 Å². The largest absolute Gasteiger partial charge is 0.455 e. The van der Waals surface area contributed by atoms with Crippen molar-refractivity contribution >= 4 is 26.1 Å². The van der Waals surface area contributed by atoms with Crippen LogP contribution in [-0.2, 0) is 20.0 Å². The van der Waals surface area contributed by atoms with Gasteiger partial charge >= 0.3 is 6.03 Å². The summed E-state index contributed by atoms with van der Waals surface area (Å²) in [5.41, 5.74) is 6.60. The number of ether oxygens (including phenoxy) is 1. The number of carbonyl (C=O) groups excluding carboxylic acids is 1. The molecule has 1 aliphatic rings. The van der Waals surface area contributed by atoms with Crippen molar-refractivity contribution < 1.29 is 26.4 Å². The van der Waals surface area contributed by atoms with Gasteiger partial charge < -0.3 is 10.5 Å². The quantitative estimate of drug-likeness (QED) is 0.761. The van der Waals surface area contributed by atoms with E-state index in [1.165, 1.54) is 36.4 Å². The van der Waals surface area contributed by atoms with E-state index in [0.717, 1.165) is 12.1 Å². The number of benzene rings is 2. The number of sulfonamides is 2. The van der Waals surface area contributed by atoms with Gasteiger partial charge in [-0.2, -0.15) is 0 Å². The third kappa shape index (κ3) is 2.48. The lowest BCUT2D eigenvalue weighted by Gasteiger charge is -2.26. The van der Waals surface area contributed by atoms with E-state index >= 15 is 0 Å². The fourth-order valence-corrected chi connectivity index (χ4v) is 5.65. The van der Waals surface area contributed by atoms with E-state index in [2.05, 4.69) is 0 Å². The summed E-state index contributed by atoms with van der Waals surface area (Å²) in [4.78, 5) is 10.3. The summed E-state index contributed by atoms with van der Waals surface area (Å²) in [6, 6.07) is 9.53. The molecule has 24 heavy (non-hydrogen) atoms. The molecule has 0 bridgehead atoms. The number of rotatable bonds is 1. The molecule has 1 aliphatic heterocycles. The van der Waals surface area contributed by atoms with E-state index in [1.54, 1.807) is 5.43 Å². The molecule has 0 saturated carbocycles. The van der Waals surface area contributed by atoms with E-state index in [0.29, 0.717) is 0 Å². The van der Waals surface area contributed by atoms with Crippen LogP contribution < -0.4 is 15.9 Å². The molecule has 3 rings (SSSR count). The van der Waals surface area contributed by atoms with Crippen LogP contribution in [0.25, 0.3) is 0 Å². The summed E-state index contributed by atoms with van der Waals surface area (Å²) >= 11 is 0. The second-order valence-electron chi connectivity index (χ2n) is 4.68. The highest BCUT2D eigenvalue weighted by molar-refractivity contribution is 8.04. The normalized spacial score (nSPS) is 18.2. The van der Waals surface area contributed by atoms with Crippen LogP contribution in [0.3, 0.4) is 0 Å². The first-order chi connectivity index (χ1) is 11.2. The molecule has 0 spiro atoms. The molecule has 0 fully saturated rings. The Bertz CT molecular complexity index is 958. The van der Waals surface area contributed by atoms with E-state index in [1.807, 2.05) is 0 Å². The first-order valence-electron chi connectivity index (χ1n) is 6.47. The van der Waals surface area contributed by atoms with Gasteiger partial charge in [0.05, 0.1) is 0 Å². The van der Waals surface area contributed by atoms with Crippen LogP contribution in [0.5, 0.6) is 11.5 Å². The summed E-state index contributed by atoms with van der Waals surface area (Å²) < 4.78 is 56.3. The molecule has 3 N–H and O–H groups in total. The first-order valence-corrected chi connectivity index (χ1v) is 9.35. The van der Waals surface area contributed by atoms with Crippen molar-refractivity contribution in [3.63, 3.8) is 0 Å². The Hall–Kier alpha value is -2.63. The maximum Gasteiger partial charge on any atom is 0.328 e. The average Bonchev–Trinajstić information content (AvgIpc) is 2.52. The highest BCUT2D eigenvalue weighted by Crippen LogP contribution is 2.38. The van der Waals surface area contributed by atoms with Crippen molar-refractivity contribution in [2.45, 2.75) is 9.79 Å². The molecule has 11 heteroatoms. The van der Waals surface area contributed by atoms with Gasteiger partial charge in [-0.15, -0.1) is 0 Å². The lowest BCUT2D eigenvalue weighted by molar-refractivity contribution is 0.240. The number of hydrogen-bond acceptors (Lipinski definition) is 6. The summed E-state index contributed by atoms with van der Waals surface area (Å²) in [5.74, 6) is -0.174. The minimum absolute atomic E-state index is 0.0869. The number of amides is 2. The van der Waals surface area contributed by atoms with Gasteiger partial charge in [-0.25, -0.2) is 27.1 Å². The average molecular weight is 369 g/mol. The molecule has 0 unspecified atom stereocenters. The van der Waals surface area contributed by atoms with Crippen LogP contribution in [0.2, 0.25) is 0 Å². The van der Waals surface area contributed by atoms with Gasteiger partial charge in [-0.3, -0.25) is 0 Å². The number of hydrogen-bond donors (Lipinski definition) is 2. The van der Waals surface area contributed by atoms with Crippen molar-refractivity contribution in [2.24, 2.45) is 5.73 Å². The molecule has 0 radical (unpaired) electrons. The fourth-order valence-electron chi connectivity index (χ4n) is 2.13. The molecule has 2 amide bonds. The minimum atomic E-state index is -4.68. The number of primary amides is 1. The highest BCUT2D eigenvalue weighted by Gasteiger charge is 2.42. The Morgan fingerprint density at radius 3 is 1.71 bits per heavy atom. The third-order valence-corrected chi connectivity index (χ3v) is 7.13. The number of carbonyl (C=O) groups is 1. The van der Waals surface area contributed by atoms with Crippen LogP contribution in [-0.4, -0.2) is 26.7 Å². The first kappa shape index (κ1) is 16.2. The number of nitrogens with zero attached hydrogens (tertiary/aromatic N) is 1. The summed E-state index contributed by atoms with van der Waals surface area (Å²) in [6.07, 6.45) is 0. The van der Waals surface area contributed by atoms with E-state index in [-0.39, 0.29) is 15.3 Å². The second-order valence-corrected chi connectivity index (χ2v) is 8.42. The van der Waals surface area contributed by atoms with Gasteiger partial charge in [0.1, 0.15) is 21.3 Å². The van der Waals surface area contributed by atoms with Crippen LogP contribution in [0.15, 0.2) is 58.3 Å². The number of nitrogens with two attached hydrogens (primary N) is 1. The maximum absolute atomic E-state index is 12.7. The standard InChI is InChI=1S/C13H11N3O6S2/c14-13(17)15-16-23(18,19)11-7-3-1-5-9(11)22-10-6-2-4-8-12(10)24(16,20)21/h1-8H,(H3,14,15,17). The number of nitrogens with one attached hydrogen (secondary N) is 1. The van der Waals surface area contributed by atoms with E-state index in [4.69, 9.17) is 10.5 Å². The van der Waals surface area contributed by atoms with Crippen LogP contribution >= 0.6 is 0 Å². The highest BCUT2D eigenvalue weighted by atomic mass is 32.3. The van der Waals surface area contributed by atoms with Crippen LogP contribution in [0.1, 0.15) is 0 Å². The van der Waals surface area contributed by atoms with Crippen LogP contribution in [0.4, 0.5) is 4.79 Å². The predicted octanol–water partition coefficient (Wildman–Crippen LogP) is 0.755. The molecule has 2 aromatic carbocycles. The van der Waals surface area contributed by atoms with Crippen molar-refractivity contribution in [1.29, 1.82) is 0 Å². The Labute approximate surface area is 137 Å². The van der Waals surface area contributed by atoms with Gasteiger partial charge in [0, 0.05) is 3.82 Å². The second kappa shape index (κ2) is 5.47. The summed E-state index contributed by atoms with van der Waals surface area (Å²) in [5, 5.41) is 0. The topological polar surface area (TPSA) is 136 Å². The lowest BCUT2D eigenvalue weighted by atomic mass is 10.3. The monoisotopic (exact) mass is 369 g/mol.